The van der Waals surface area contributed by atoms with Crippen LogP contribution < -0.4 is 5.73 Å². The van der Waals surface area contributed by atoms with Crippen molar-refractivity contribution in [3.8, 4) is 0 Å². The lowest BCUT2D eigenvalue weighted by molar-refractivity contribution is -0.144. The van der Waals surface area contributed by atoms with Gasteiger partial charge < -0.3 is 10.5 Å². The minimum absolute atomic E-state index is 0.0603. The predicted molar refractivity (Wildman–Crippen MR) is 69.8 cm³/mol. The van der Waals surface area contributed by atoms with Gasteiger partial charge in [-0.3, -0.25) is 4.79 Å². The van der Waals surface area contributed by atoms with E-state index in [1.165, 1.54) is 13.4 Å². The molecule has 2 N–H and O–H groups in total. The molecule has 1 aliphatic carbocycles. The quantitative estimate of drug-likeness (QED) is 0.771. The van der Waals surface area contributed by atoms with E-state index >= 15 is 0 Å². The van der Waals surface area contributed by atoms with Crippen LogP contribution in [0.15, 0.2) is 0 Å². The van der Waals surface area contributed by atoms with E-state index in [1.807, 2.05) is 0 Å². The molecule has 6 heteroatoms. The summed E-state index contributed by atoms with van der Waals surface area (Å²) in [6, 6.07) is 0. The molecule has 1 fully saturated rings. The molecule has 106 valence electrons. The highest BCUT2D eigenvalue weighted by molar-refractivity contribution is 7.91. The van der Waals surface area contributed by atoms with Crippen molar-refractivity contribution >= 4 is 15.8 Å². The minimum atomic E-state index is -3.23. The van der Waals surface area contributed by atoms with Crippen molar-refractivity contribution in [1.82, 2.24) is 0 Å². The van der Waals surface area contributed by atoms with E-state index in [2.05, 4.69) is 0 Å². The summed E-state index contributed by atoms with van der Waals surface area (Å²) in [6.45, 7) is 3.58. The van der Waals surface area contributed by atoms with Crippen LogP contribution in [-0.2, 0) is 19.4 Å². The highest BCUT2D eigenvalue weighted by Gasteiger charge is 2.56. The van der Waals surface area contributed by atoms with Crippen molar-refractivity contribution < 1.29 is 17.9 Å². The molecule has 0 spiro atoms. The van der Waals surface area contributed by atoms with Gasteiger partial charge in [0.2, 0.25) is 0 Å². The summed E-state index contributed by atoms with van der Waals surface area (Å²) in [5.41, 5.74) is 4.72. The van der Waals surface area contributed by atoms with E-state index in [4.69, 9.17) is 10.5 Å². The average molecular weight is 277 g/mol. The van der Waals surface area contributed by atoms with Gasteiger partial charge in [0.1, 0.15) is 0 Å². The Balaban J connectivity index is 3.24. The SMILES string of the molecule is COC(=O)CC1(C(C)(C)N)CCCC1S(C)(=O)=O. The standard InChI is InChI=1S/C12H23NO4S/c1-11(2,13)12(8-10(14)17-3)7-5-6-9(12)18(4,15)16/h9H,5-8,13H2,1-4H3. The first-order chi connectivity index (χ1) is 8.04. The fourth-order valence-electron chi connectivity index (χ4n) is 3.16. The zero-order valence-corrected chi connectivity index (χ0v) is 12.3. The molecule has 0 bridgehead atoms. The van der Waals surface area contributed by atoms with Crippen molar-refractivity contribution in [3.63, 3.8) is 0 Å². The van der Waals surface area contributed by atoms with Crippen LogP contribution in [0.4, 0.5) is 0 Å². The number of nitrogens with two attached hydrogens (primary N) is 1. The van der Waals surface area contributed by atoms with Gasteiger partial charge in [0.05, 0.1) is 18.8 Å². The minimum Gasteiger partial charge on any atom is -0.469 e. The van der Waals surface area contributed by atoms with Crippen LogP contribution in [0.2, 0.25) is 0 Å². The zero-order valence-electron chi connectivity index (χ0n) is 11.5. The molecular weight excluding hydrogens is 254 g/mol. The lowest BCUT2D eigenvalue weighted by atomic mass is 9.68. The predicted octanol–water partition coefficient (Wildman–Crippen LogP) is 0.870. The van der Waals surface area contributed by atoms with Crippen LogP contribution in [0, 0.1) is 5.41 Å². The molecule has 0 aliphatic heterocycles. The number of hydrogen-bond donors (Lipinski definition) is 1. The third-order valence-corrected chi connectivity index (χ3v) is 5.91. The molecular formula is C12H23NO4S. The Morgan fingerprint density at radius 1 is 1.50 bits per heavy atom. The molecule has 0 aromatic rings. The molecule has 1 aliphatic rings. The van der Waals surface area contributed by atoms with Crippen molar-refractivity contribution in [2.75, 3.05) is 13.4 Å². The molecule has 0 aromatic heterocycles. The Labute approximate surface area is 109 Å². The summed E-state index contributed by atoms with van der Waals surface area (Å²) < 4.78 is 28.6. The fourth-order valence-corrected chi connectivity index (χ4v) is 5.08. The number of rotatable bonds is 4. The van der Waals surface area contributed by atoms with Crippen LogP contribution >= 0.6 is 0 Å². The maximum Gasteiger partial charge on any atom is 0.306 e. The van der Waals surface area contributed by atoms with Gasteiger partial charge in [0.25, 0.3) is 0 Å². The molecule has 0 saturated heterocycles. The van der Waals surface area contributed by atoms with Gasteiger partial charge in [-0.15, -0.1) is 0 Å². The summed E-state index contributed by atoms with van der Waals surface area (Å²) in [7, 11) is -1.93. The Morgan fingerprint density at radius 2 is 2.06 bits per heavy atom. The van der Waals surface area contributed by atoms with E-state index in [1.54, 1.807) is 13.8 Å². The second-order valence-electron chi connectivity index (χ2n) is 5.84. The Morgan fingerprint density at radius 3 is 2.44 bits per heavy atom. The number of ether oxygens (including phenoxy) is 1. The molecule has 2 atom stereocenters. The number of sulfone groups is 1. The van der Waals surface area contributed by atoms with Gasteiger partial charge in [0.15, 0.2) is 9.84 Å². The number of hydrogen-bond acceptors (Lipinski definition) is 5. The van der Waals surface area contributed by atoms with Gasteiger partial charge in [-0.05, 0) is 26.7 Å². The summed E-state index contributed by atoms with van der Waals surface area (Å²) in [4.78, 5) is 11.6. The van der Waals surface area contributed by atoms with Crippen molar-refractivity contribution in [1.29, 1.82) is 0 Å². The first-order valence-corrected chi connectivity index (χ1v) is 8.04. The second-order valence-corrected chi connectivity index (χ2v) is 8.07. The number of carbonyl (C=O) groups excluding carboxylic acids is 1. The molecule has 2 unspecified atom stereocenters. The molecule has 0 heterocycles. The summed E-state index contributed by atoms with van der Waals surface area (Å²) >= 11 is 0. The number of esters is 1. The van der Waals surface area contributed by atoms with Gasteiger partial charge >= 0.3 is 5.97 Å². The van der Waals surface area contributed by atoms with Crippen LogP contribution in [0.5, 0.6) is 0 Å². The Kier molecular flexibility index (Phi) is 4.13. The lowest BCUT2D eigenvalue weighted by Crippen LogP contribution is -2.57. The summed E-state index contributed by atoms with van der Waals surface area (Å²) in [5, 5.41) is -0.566. The smallest absolute Gasteiger partial charge is 0.306 e. The van der Waals surface area contributed by atoms with Crippen LogP contribution in [0.1, 0.15) is 39.5 Å². The summed E-state index contributed by atoms with van der Waals surface area (Å²) in [6.07, 6.45) is 3.26. The van der Waals surface area contributed by atoms with E-state index in [0.717, 1.165) is 6.42 Å². The Bertz CT molecular complexity index is 424. The van der Waals surface area contributed by atoms with Crippen LogP contribution in [-0.4, -0.2) is 38.5 Å². The monoisotopic (exact) mass is 277 g/mol. The second kappa shape index (κ2) is 4.81. The van der Waals surface area contributed by atoms with E-state index in [0.29, 0.717) is 12.8 Å². The molecule has 5 nitrogen and oxygen atoms in total. The lowest BCUT2D eigenvalue weighted by Gasteiger charge is -2.44. The fraction of sp³-hybridized carbons (Fsp3) is 0.917. The zero-order chi connectivity index (χ0) is 14.2. The van der Waals surface area contributed by atoms with Crippen molar-refractivity contribution in [2.45, 2.75) is 50.3 Å². The van der Waals surface area contributed by atoms with E-state index in [9.17, 15) is 13.2 Å². The van der Waals surface area contributed by atoms with Crippen molar-refractivity contribution in [3.05, 3.63) is 0 Å². The maximum atomic E-state index is 12.0. The first kappa shape index (κ1) is 15.4. The topological polar surface area (TPSA) is 86.5 Å². The number of methoxy groups -OCH3 is 1. The van der Waals surface area contributed by atoms with E-state index in [-0.39, 0.29) is 6.42 Å². The third kappa shape index (κ3) is 2.69. The van der Waals surface area contributed by atoms with Gasteiger partial charge in [-0.25, -0.2) is 8.42 Å². The van der Waals surface area contributed by atoms with Crippen LogP contribution in [0.25, 0.3) is 0 Å². The highest BCUT2D eigenvalue weighted by Crippen LogP contribution is 2.51. The summed E-state index contributed by atoms with van der Waals surface area (Å²) in [5.74, 6) is -0.399. The largest absolute Gasteiger partial charge is 0.469 e. The highest BCUT2D eigenvalue weighted by atomic mass is 32.2. The molecule has 0 radical (unpaired) electrons. The molecule has 1 saturated carbocycles. The van der Waals surface area contributed by atoms with Gasteiger partial charge in [-0.2, -0.15) is 0 Å². The maximum absolute atomic E-state index is 12.0. The van der Waals surface area contributed by atoms with Gasteiger partial charge in [-0.1, -0.05) is 6.42 Å². The first-order valence-electron chi connectivity index (χ1n) is 6.09. The molecule has 1 rings (SSSR count). The third-order valence-electron chi connectivity index (χ3n) is 4.19. The van der Waals surface area contributed by atoms with E-state index < -0.39 is 32.0 Å². The molecule has 0 aromatic carbocycles. The molecule has 0 amide bonds. The van der Waals surface area contributed by atoms with Gasteiger partial charge in [0, 0.05) is 17.2 Å². The Hall–Kier alpha value is -0.620. The average Bonchev–Trinajstić information content (AvgIpc) is 2.61. The van der Waals surface area contributed by atoms with Crippen molar-refractivity contribution in [2.24, 2.45) is 11.1 Å². The molecule has 18 heavy (non-hydrogen) atoms. The number of carbonyl (C=O) groups is 1. The van der Waals surface area contributed by atoms with Crippen LogP contribution in [0.3, 0.4) is 0 Å². The normalized spacial score (nSPS) is 29.3.